The first-order valence-corrected chi connectivity index (χ1v) is 11.7. The molecule has 3 rings (SSSR count). The van der Waals surface area contributed by atoms with Crippen LogP contribution in [0.3, 0.4) is 0 Å². The lowest BCUT2D eigenvalue weighted by Crippen LogP contribution is -2.50. The average molecular weight is 471 g/mol. The Morgan fingerprint density at radius 3 is 2.43 bits per heavy atom. The van der Waals surface area contributed by atoms with Crippen LogP contribution in [0.15, 0.2) is 59.1 Å². The fourth-order valence-corrected chi connectivity index (χ4v) is 4.47. The number of hydrogen-bond donors (Lipinski definition) is 1. The maximum absolute atomic E-state index is 13.2. The standard InChI is InChI=1S/C25H31BrN2O2/c1-19(25(30)27-23-13-6-3-7-14-23)28(18-21-11-8-12-22(26)17-21)24(29)16-15-20-9-4-2-5-10-20/h2,4-5,8-12,17,19,23H,3,6-7,13-16,18H2,1H3,(H,27,30)/t19-/m0/s1. The van der Waals surface area contributed by atoms with Gasteiger partial charge in [0.2, 0.25) is 11.8 Å². The molecule has 1 atom stereocenters. The molecule has 0 radical (unpaired) electrons. The van der Waals surface area contributed by atoms with Gasteiger partial charge in [0, 0.05) is 23.5 Å². The van der Waals surface area contributed by atoms with E-state index in [-0.39, 0.29) is 17.9 Å². The van der Waals surface area contributed by atoms with E-state index < -0.39 is 6.04 Å². The minimum Gasteiger partial charge on any atom is -0.352 e. The van der Waals surface area contributed by atoms with Gasteiger partial charge in [-0.25, -0.2) is 0 Å². The number of carbonyl (C=O) groups excluding carboxylic acids is 2. The van der Waals surface area contributed by atoms with Gasteiger partial charge in [-0.1, -0.05) is 77.7 Å². The smallest absolute Gasteiger partial charge is 0.242 e. The van der Waals surface area contributed by atoms with Crippen LogP contribution in [0.1, 0.15) is 56.6 Å². The number of hydrogen-bond acceptors (Lipinski definition) is 2. The Hall–Kier alpha value is -2.14. The van der Waals surface area contributed by atoms with Gasteiger partial charge in [0.15, 0.2) is 0 Å². The molecule has 30 heavy (non-hydrogen) atoms. The number of aryl methyl sites for hydroxylation is 1. The summed E-state index contributed by atoms with van der Waals surface area (Å²) in [5, 5.41) is 3.18. The van der Waals surface area contributed by atoms with Crippen molar-refractivity contribution in [3.63, 3.8) is 0 Å². The summed E-state index contributed by atoms with van der Waals surface area (Å²) in [6, 6.07) is 17.7. The summed E-state index contributed by atoms with van der Waals surface area (Å²) in [5.74, 6) is -0.0462. The predicted molar refractivity (Wildman–Crippen MR) is 124 cm³/mol. The van der Waals surface area contributed by atoms with Crippen LogP contribution in [0.5, 0.6) is 0 Å². The molecule has 1 aliphatic carbocycles. The van der Waals surface area contributed by atoms with Gasteiger partial charge in [-0.15, -0.1) is 0 Å². The molecule has 0 saturated heterocycles. The molecule has 2 amide bonds. The van der Waals surface area contributed by atoms with Gasteiger partial charge in [-0.3, -0.25) is 9.59 Å². The molecule has 2 aromatic carbocycles. The van der Waals surface area contributed by atoms with E-state index in [4.69, 9.17) is 0 Å². The van der Waals surface area contributed by atoms with E-state index in [1.165, 1.54) is 6.42 Å². The van der Waals surface area contributed by atoms with E-state index in [0.29, 0.717) is 19.4 Å². The molecule has 0 aliphatic heterocycles. The van der Waals surface area contributed by atoms with Crippen LogP contribution in [-0.4, -0.2) is 28.8 Å². The summed E-state index contributed by atoms with van der Waals surface area (Å²) in [6.45, 7) is 2.27. The number of amides is 2. The van der Waals surface area contributed by atoms with Crippen molar-refractivity contribution in [2.75, 3.05) is 0 Å². The van der Waals surface area contributed by atoms with E-state index >= 15 is 0 Å². The third-order valence-corrected chi connectivity index (χ3v) is 6.32. The van der Waals surface area contributed by atoms with Crippen LogP contribution in [0, 0.1) is 0 Å². The van der Waals surface area contributed by atoms with Crippen LogP contribution in [0.4, 0.5) is 0 Å². The Morgan fingerprint density at radius 1 is 1.03 bits per heavy atom. The lowest BCUT2D eigenvalue weighted by Gasteiger charge is -2.31. The molecule has 1 saturated carbocycles. The van der Waals surface area contributed by atoms with E-state index in [2.05, 4.69) is 21.2 Å². The minimum atomic E-state index is -0.505. The molecule has 4 nitrogen and oxygen atoms in total. The predicted octanol–water partition coefficient (Wildman–Crippen LogP) is 5.25. The van der Waals surface area contributed by atoms with Crippen LogP contribution in [-0.2, 0) is 22.6 Å². The number of nitrogens with zero attached hydrogens (tertiary/aromatic N) is 1. The highest BCUT2D eigenvalue weighted by Crippen LogP contribution is 2.19. The first-order valence-electron chi connectivity index (χ1n) is 10.9. The number of nitrogens with one attached hydrogen (secondary N) is 1. The molecule has 1 aliphatic rings. The number of benzene rings is 2. The van der Waals surface area contributed by atoms with Crippen molar-refractivity contribution in [3.8, 4) is 0 Å². The fraction of sp³-hybridized carbons (Fsp3) is 0.440. The molecule has 1 N–H and O–H groups in total. The maximum atomic E-state index is 13.2. The highest BCUT2D eigenvalue weighted by Gasteiger charge is 2.27. The third-order valence-electron chi connectivity index (χ3n) is 5.83. The number of carbonyl (C=O) groups is 2. The van der Waals surface area contributed by atoms with E-state index in [1.807, 2.05) is 61.5 Å². The Bertz CT molecular complexity index is 834. The summed E-state index contributed by atoms with van der Waals surface area (Å²) in [7, 11) is 0. The lowest BCUT2D eigenvalue weighted by atomic mass is 9.95. The Labute approximate surface area is 188 Å². The van der Waals surface area contributed by atoms with Gasteiger partial charge in [0.05, 0.1) is 0 Å². The normalized spacial score (nSPS) is 15.4. The molecule has 1 fully saturated rings. The monoisotopic (exact) mass is 470 g/mol. The summed E-state index contributed by atoms with van der Waals surface area (Å²) >= 11 is 3.50. The molecular weight excluding hydrogens is 440 g/mol. The second-order valence-corrected chi connectivity index (χ2v) is 9.07. The number of rotatable bonds is 8. The summed E-state index contributed by atoms with van der Waals surface area (Å²) < 4.78 is 0.969. The van der Waals surface area contributed by atoms with Crippen molar-refractivity contribution < 1.29 is 9.59 Å². The van der Waals surface area contributed by atoms with Crippen LogP contribution >= 0.6 is 15.9 Å². The van der Waals surface area contributed by atoms with Gasteiger partial charge >= 0.3 is 0 Å². The molecule has 0 heterocycles. The van der Waals surface area contributed by atoms with E-state index in [1.54, 1.807) is 4.90 Å². The highest BCUT2D eigenvalue weighted by molar-refractivity contribution is 9.10. The molecule has 2 aromatic rings. The lowest BCUT2D eigenvalue weighted by molar-refractivity contribution is -0.141. The molecule has 0 spiro atoms. The van der Waals surface area contributed by atoms with Crippen LogP contribution in [0.25, 0.3) is 0 Å². The van der Waals surface area contributed by atoms with Crippen LogP contribution in [0.2, 0.25) is 0 Å². The number of halogens is 1. The molecule has 5 heteroatoms. The Kier molecular flexibility index (Phi) is 8.50. The third kappa shape index (κ3) is 6.69. The van der Waals surface area contributed by atoms with E-state index in [0.717, 1.165) is 41.3 Å². The van der Waals surface area contributed by atoms with Crippen LogP contribution < -0.4 is 5.32 Å². The second kappa shape index (κ2) is 11.3. The molecular formula is C25H31BrN2O2. The van der Waals surface area contributed by atoms with E-state index in [9.17, 15) is 9.59 Å². The zero-order chi connectivity index (χ0) is 21.3. The zero-order valence-corrected chi connectivity index (χ0v) is 19.2. The quantitative estimate of drug-likeness (QED) is 0.572. The minimum absolute atomic E-state index is 0.00474. The fourth-order valence-electron chi connectivity index (χ4n) is 4.02. The summed E-state index contributed by atoms with van der Waals surface area (Å²) in [5.41, 5.74) is 2.14. The largest absolute Gasteiger partial charge is 0.352 e. The van der Waals surface area contributed by atoms with Crippen molar-refractivity contribution in [1.82, 2.24) is 10.2 Å². The summed E-state index contributed by atoms with van der Waals surface area (Å²) in [6.07, 6.45) is 6.70. The van der Waals surface area contributed by atoms with Crippen molar-refractivity contribution in [3.05, 3.63) is 70.2 Å². The first kappa shape index (κ1) is 22.5. The van der Waals surface area contributed by atoms with Gasteiger partial charge < -0.3 is 10.2 Å². The molecule has 0 unspecified atom stereocenters. The molecule has 0 bridgehead atoms. The maximum Gasteiger partial charge on any atom is 0.242 e. The zero-order valence-electron chi connectivity index (χ0n) is 17.6. The Morgan fingerprint density at radius 2 is 1.73 bits per heavy atom. The van der Waals surface area contributed by atoms with Gasteiger partial charge in [0.25, 0.3) is 0 Å². The van der Waals surface area contributed by atoms with Crippen molar-refractivity contribution >= 4 is 27.7 Å². The highest BCUT2D eigenvalue weighted by atomic mass is 79.9. The summed E-state index contributed by atoms with van der Waals surface area (Å²) in [4.78, 5) is 27.9. The topological polar surface area (TPSA) is 49.4 Å². The second-order valence-electron chi connectivity index (χ2n) is 8.16. The van der Waals surface area contributed by atoms with Gasteiger partial charge in [-0.05, 0) is 49.4 Å². The van der Waals surface area contributed by atoms with Crippen molar-refractivity contribution in [1.29, 1.82) is 0 Å². The molecule has 0 aromatic heterocycles. The SMILES string of the molecule is C[C@@H](C(=O)NC1CCCCC1)N(Cc1cccc(Br)c1)C(=O)CCc1ccccc1. The van der Waals surface area contributed by atoms with Crippen molar-refractivity contribution in [2.24, 2.45) is 0 Å². The Balaban J connectivity index is 1.69. The van der Waals surface area contributed by atoms with Crippen molar-refractivity contribution in [2.45, 2.75) is 70.5 Å². The average Bonchev–Trinajstić information content (AvgIpc) is 2.77. The first-order chi connectivity index (χ1) is 14.5. The van der Waals surface area contributed by atoms with Gasteiger partial charge in [0.1, 0.15) is 6.04 Å². The molecule has 160 valence electrons. The van der Waals surface area contributed by atoms with Gasteiger partial charge in [-0.2, -0.15) is 0 Å².